The first-order chi connectivity index (χ1) is 9.31. The third-order valence-corrected chi connectivity index (χ3v) is 2.40. The van der Waals surface area contributed by atoms with E-state index in [0.29, 0.717) is 22.6 Å². The highest BCUT2D eigenvalue weighted by Crippen LogP contribution is 2.13. The van der Waals surface area contributed by atoms with Crippen molar-refractivity contribution >= 4 is 20.3 Å². The van der Waals surface area contributed by atoms with Gasteiger partial charge >= 0.3 is 7.69 Å². The second-order valence-electron chi connectivity index (χ2n) is 3.71. The summed E-state index contributed by atoms with van der Waals surface area (Å²) in [6.45, 7) is 0. The zero-order valence-electron chi connectivity index (χ0n) is 9.98. The fourth-order valence-electron chi connectivity index (χ4n) is 1.39. The highest BCUT2D eigenvalue weighted by molar-refractivity contribution is 6.20. The van der Waals surface area contributed by atoms with Crippen LogP contribution < -0.4 is 9.31 Å². The summed E-state index contributed by atoms with van der Waals surface area (Å²) < 4.78 is 10.5. The fraction of sp³-hybridized carbons (Fsp3) is 0. The number of aldehydes is 2. The first-order valence-corrected chi connectivity index (χ1v) is 5.57. The lowest BCUT2D eigenvalue weighted by Gasteiger charge is -2.06. The van der Waals surface area contributed by atoms with E-state index >= 15 is 0 Å². The molecule has 0 saturated heterocycles. The SMILES string of the molecule is O=Cc1ccc(O[B]Oc2ccc(C=O)cc2)cc1. The third-order valence-electron chi connectivity index (χ3n) is 2.40. The zero-order chi connectivity index (χ0) is 13.5. The topological polar surface area (TPSA) is 52.6 Å². The summed E-state index contributed by atoms with van der Waals surface area (Å²) in [5.41, 5.74) is 1.16. The molecule has 0 saturated carbocycles. The molecule has 0 aliphatic rings. The lowest BCUT2D eigenvalue weighted by Crippen LogP contribution is -2.10. The molecule has 0 bridgehead atoms. The average Bonchev–Trinajstić information content (AvgIpc) is 2.49. The van der Waals surface area contributed by atoms with Gasteiger partial charge in [-0.15, -0.1) is 0 Å². The van der Waals surface area contributed by atoms with Crippen LogP contribution in [0.2, 0.25) is 0 Å². The van der Waals surface area contributed by atoms with Gasteiger partial charge in [0.05, 0.1) is 0 Å². The largest absolute Gasteiger partial charge is 0.658 e. The quantitative estimate of drug-likeness (QED) is 0.585. The van der Waals surface area contributed by atoms with Crippen molar-refractivity contribution in [3.63, 3.8) is 0 Å². The second-order valence-corrected chi connectivity index (χ2v) is 3.71. The molecule has 0 N–H and O–H groups in total. The lowest BCUT2D eigenvalue weighted by molar-refractivity contribution is 0.111. The number of carbonyl (C=O) groups is 2. The van der Waals surface area contributed by atoms with Crippen molar-refractivity contribution < 1.29 is 18.9 Å². The number of carbonyl (C=O) groups excluding carboxylic acids is 2. The number of rotatable bonds is 6. The molecule has 0 atom stereocenters. The zero-order valence-corrected chi connectivity index (χ0v) is 9.98. The summed E-state index contributed by atoms with van der Waals surface area (Å²) in [6, 6.07) is 13.3. The van der Waals surface area contributed by atoms with Crippen molar-refractivity contribution in [3.05, 3.63) is 59.7 Å². The molecule has 0 heterocycles. The van der Waals surface area contributed by atoms with Crippen molar-refractivity contribution in [2.45, 2.75) is 0 Å². The van der Waals surface area contributed by atoms with Gasteiger partial charge < -0.3 is 9.31 Å². The number of hydrogen-bond donors (Lipinski definition) is 0. The molecule has 1 radical (unpaired) electrons. The molecule has 0 unspecified atom stereocenters. The number of hydrogen-bond acceptors (Lipinski definition) is 4. The van der Waals surface area contributed by atoms with Crippen LogP contribution in [0, 0.1) is 0 Å². The Morgan fingerprint density at radius 1 is 0.684 bits per heavy atom. The van der Waals surface area contributed by atoms with E-state index in [0.717, 1.165) is 12.6 Å². The fourth-order valence-corrected chi connectivity index (χ4v) is 1.39. The maximum absolute atomic E-state index is 10.5. The minimum atomic E-state index is 0.565. The van der Waals surface area contributed by atoms with E-state index in [1.165, 1.54) is 7.69 Å². The minimum Gasteiger partial charge on any atom is -0.526 e. The summed E-state index contributed by atoms with van der Waals surface area (Å²) >= 11 is 0. The Bertz CT molecular complexity index is 497. The molecule has 5 heteroatoms. The Kier molecular flexibility index (Phi) is 4.34. The molecule has 0 amide bonds. The smallest absolute Gasteiger partial charge is 0.526 e. The lowest BCUT2D eigenvalue weighted by atomic mass is 10.2. The molecule has 2 rings (SSSR count). The Morgan fingerprint density at radius 3 is 1.37 bits per heavy atom. The Morgan fingerprint density at radius 2 is 1.05 bits per heavy atom. The normalized spacial score (nSPS) is 9.47. The Balaban J connectivity index is 1.84. The van der Waals surface area contributed by atoms with Gasteiger partial charge in [-0.2, -0.15) is 0 Å². The van der Waals surface area contributed by atoms with E-state index in [1.54, 1.807) is 48.5 Å². The molecule has 2 aromatic rings. The predicted octanol–water partition coefficient (Wildman–Crippen LogP) is 2.30. The van der Waals surface area contributed by atoms with Crippen LogP contribution >= 0.6 is 0 Å². The Hall–Kier alpha value is -2.56. The maximum Gasteiger partial charge on any atom is 0.658 e. The van der Waals surface area contributed by atoms with Crippen LogP contribution in [0.25, 0.3) is 0 Å². The molecule has 0 fully saturated rings. The van der Waals surface area contributed by atoms with Crippen LogP contribution in [0.15, 0.2) is 48.5 Å². The van der Waals surface area contributed by atoms with Gasteiger partial charge in [0.2, 0.25) is 0 Å². The van der Waals surface area contributed by atoms with Crippen LogP contribution in [0.1, 0.15) is 20.7 Å². The molecular formula is C14H10BO4. The number of benzene rings is 2. The molecule has 0 aliphatic heterocycles. The van der Waals surface area contributed by atoms with Gasteiger partial charge in [-0.1, -0.05) is 0 Å². The van der Waals surface area contributed by atoms with Crippen LogP contribution in [0.5, 0.6) is 11.5 Å². The average molecular weight is 253 g/mol. The summed E-state index contributed by atoms with van der Waals surface area (Å²) in [5, 5.41) is 0. The highest BCUT2D eigenvalue weighted by Gasteiger charge is 2.02. The van der Waals surface area contributed by atoms with Crippen molar-refractivity contribution in [3.8, 4) is 11.5 Å². The van der Waals surface area contributed by atoms with Gasteiger partial charge in [-0.25, -0.2) is 0 Å². The standard InChI is InChI=1S/C14H10BO4/c16-9-11-1-5-13(6-2-11)18-15-19-14-7-3-12(10-17)4-8-14/h1-10H. The summed E-state index contributed by atoms with van der Waals surface area (Å²) in [7, 11) is 1.19. The van der Waals surface area contributed by atoms with Crippen LogP contribution in [-0.2, 0) is 0 Å². The predicted molar refractivity (Wildman–Crippen MR) is 70.7 cm³/mol. The van der Waals surface area contributed by atoms with Gasteiger partial charge in [-0.05, 0) is 48.5 Å². The first kappa shape index (κ1) is 12.9. The van der Waals surface area contributed by atoms with Gasteiger partial charge in [0, 0.05) is 11.1 Å². The molecule has 2 aromatic carbocycles. The Labute approximate surface area is 111 Å². The van der Waals surface area contributed by atoms with E-state index in [2.05, 4.69) is 0 Å². The van der Waals surface area contributed by atoms with Gasteiger partial charge in [0.25, 0.3) is 0 Å². The van der Waals surface area contributed by atoms with Gasteiger partial charge in [0.1, 0.15) is 24.1 Å². The maximum atomic E-state index is 10.5. The summed E-state index contributed by atoms with van der Waals surface area (Å²) in [6.07, 6.45) is 1.52. The third kappa shape index (κ3) is 3.71. The van der Waals surface area contributed by atoms with E-state index in [4.69, 9.17) is 9.31 Å². The van der Waals surface area contributed by atoms with Crippen LogP contribution in [0.3, 0.4) is 0 Å². The van der Waals surface area contributed by atoms with Gasteiger partial charge in [0.15, 0.2) is 0 Å². The second kappa shape index (κ2) is 6.40. The van der Waals surface area contributed by atoms with E-state index in [9.17, 15) is 9.59 Å². The first-order valence-electron chi connectivity index (χ1n) is 5.57. The molecule has 4 nitrogen and oxygen atoms in total. The molecule has 0 aromatic heterocycles. The molecule has 0 aliphatic carbocycles. The van der Waals surface area contributed by atoms with Gasteiger partial charge in [-0.3, -0.25) is 9.59 Å². The van der Waals surface area contributed by atoms with Crippen molar-refractivity contribution in [1.82, 2.24) is 0 Å². The molecular weight excluding hydrogens is 243 g/mol. The van der Waals surface area contributed by atoms with Crippen molar-refractivity contribution in [2.75, 3.05) is 0 Å². The highest BCUT2D eigenvalue weighted by atomic mass is 16.6. The van der Waals surface area contributed by atoms with E-state index in [1.807, 2.05) is 0 Å². The molecule has 19 heavy (non-hydrogen) atoms. The monoisotopic (exact) mass is 253 g/mol. The van der Waals surface area contributed by atoms with E-state index < -0.39 is 0 Å². The molecule has 93 valence electrons. The van der Waals surface area contributed by atoms with Crippen molar-refractivity contribution in [1.29, 1.82) is 0 Å². The minimum absolute atomic E-state index is 0.565. The van der Waals surface area contributed by atoms with Crippen molar-refractivity contribution in [2.24, 2.45) is 0 Å². The molecule has 0 spiro atoms. The van der Waals surface area contributed by atoms with Crippen LogP contribution in [0.4, 0.5) is 0 Å². The van der Waals surface area contributed by atoms with E-state index in [-0.39, 0.29) is 0 Å². The summed E-state index contributed by atoms with van der Waals surface area (Å²) in [4.78, 5) is 20.9. The van der Waals surface area contributed by atoms with Crippen LogP contribution in [-0.4, -0.2) is 20.3 Å². The summed E-state index contributed by atoms with van der Waals surface area (Å²) in [5.74, 6) is 1.13.